The second-order valence-corrected chi connectivity index (χ2v) is 12.2. The molecule has 0 fully saturated rings. The van der Waals surface area contributed by atoms with E-state index in [1.807, 2.05) is 0 Å². The number of rotatable bonds is 9. The third-order valence-electron chi connectivity index (χ3n) is 5.39. The molecule has 11 N–H and O–H groups in total. The number of sulfonamides is 2. The molecule has 4 aromatic rings. The van der Waals surface area contributed by atoms with E-state index in [0.717, 1.165) is 0 Å². The number of hydrogen-bond acceptors (Lipinski definition) is 9. The molecule has 0 aliphatic carbocycles. The Labute approximate surface area is 238 Å². The fourth-order valence-corrected chi connectivity index (χ4v) is 5.48. The minimum absolute atomic E-state index is 0.0150. The summed E-state index contributed by atoms with van der Waals surface area (Å²) >= 11 is 0. The van der Waals surface area contributed by atoms with Gasteiger partial charge in [-0.25, -0.2) is 26.3 Å². The van der Waals surface area contributed by atoms with E-state index in [1.54, 1.807) is 60.7 Å². The van der Waals surface area contributed by atoms with Crippen molar-refractivity contribution in [1.82, 2.24) is 9.44 Å². The van der Waals surface area contributed by atoms with Gasteiger partial charge in [0.15, 0.2) is 0 Å². The Morgan fingerprint density at radius 3 is 1.39 bits per heavy atom. The van der Waals surface area contributed by atoms with Gasteiger partial charge in [0, 0.05) is 47.1 Å². The standard InChI is InChI=1S/C14H18N4O4S2.C13H13N3O/c15-11-3-1-5-13(9-11)23(19,20)17-7-8-18-24(21,22)14-6-2-4-12(16)10-14;14-10-3-1-9(2-4-10)13(17)16-12-7-5-11(15)6-8-12/h1-6,9-10,17-18H,7-8,15-16H2;1-8H,14-15H2,(H,16,17). The number of hydrogen-bond donors (Lipinski definition) is 7. The smallest absolute Gasteiger partial charge is 0.255 e. The van der Waals surface area contributed by atoms with Crippen LogP contribution in [0.2, 0.25) is 0 Å². The average molecular weight is 598 g/mol. The van der Waals surface area contributed by atoms with Gasteiger partial charge in [-0.05, 0) is 84.9 Å². The molecule has 0 heterocycles. The summed E-state index contributed by atoms with van der Waals surface area (Å²) in [6, 6.07) is 25.3. The van der Waals surface area contributed by atoms with Crippen LogP contribution in [0.4, 0.5) is 28.4 Å². The summed E-state index contributed by atoms with van der Waals surface area (Å²) in [6.07, 6.45) is 0. The molecule has 0 saturated carbocycles. The highest BCUT2D eigenvalue weighted by Crippen LogP contribution is 2.14. The summed E-state index contributed by atoms with van der Waals surface area (Å²) in [5.41, 5.74) is 25.4. The predicted molar refractivity (Wildman–Crippen MR) is 162 cm³/mol. The topological polar surface area (TPSA) is 226 Å². The van der Waals surface area contributed by atoms with E-state index in [0.29, 0.717) is 34.0 Å². The summed E-state index contributed by atoms with van der Waals surface area (Å²) in [7, 11) is -7.51. The van der Waals surface area contributed by atoms with Crippen molar-refractivity contribution in [2.24, 2.45) is 0 Å². The van der Waals surface area contributed by atoms with Gasteiger partial charge in [0.25, 0.3) is 5.91 Å². The molecule has 0 spiro atoms. The minimum Gasteiger partial charge on any atom is -0.399 e. The van der Waals surface area contributed by atoms with Crippen molar-refractivity contribution < 1.29 is 21.6 Å². The first kappa shape index (κ1) is 30.9. The van der Waals surface area contributed by atoms with Crippen LogP contribution in [0.25, 0.3) is 0 Å². The number of benzene rings is 4. The SMILES string of the molecule is Nc1ccc(NC(=O)c2ccc(N)cc2)cc1.Nc1cccc(S(=O)(=O)NCCNS(=O)(=O)c2cccc(N)c2)c1. The number of nitrogen functional groups attached to an aromatic ring is 4. The quantitative estimate of drug-likeness (QED) is 0.111. The first-order valence-corrected chi connectivity index (χ1v) is 15.1. The first-order valence-electron chi connectivity index (χ1n) is 12.1. The van der Waals surface area contributed by atoms with Gasteiger partial charge in [0.2, 0.25) is 20.0 Å². The Kier molecular flexibility index (Phi) is 10.3. The lowest BCUT2D eigenvalue weighted by molar-refractivity contribution is 0.102. The molecule has 1 amide bonds. The Morgan fingerprint density at radius 2 is 0.976 bits per heavy atom. The zero-order valence-corrected chi connectivity index (χ0v) is 23.5. The molecule has 0 aromatic heterocycles. The van der Waals surface area contributed by atoms with Crippen LogP contribution in [-0.2, 0) is 20.0 Å². The van der Waals surface area contributed by atoms with Gasteiger partial charge in [0.05, 0.1) is 9.79 Å². The Balaban J connectivity index is 0.000000239. The molecule has 0 aliphatic rings. The zero-order chi connectivity index (χ0) is 30.0. The molecule has 41 heavy (non-hydrogen) atoms. The molecule has 0 saturated heterocycles. The van der Waals surface area contributed by atoms with Crippen LogP contribution in [0, 0.1) is 0 Å². The molecule has 4 rings (SSSR count). The van der Waals surface area contributed by atoms with Gasteiger partial charge in [0.1, 0.15) is 0 Å². The first-order chi connectivity index (χ1) is 19.4. The van der Waals surface area contributed by atoms with Crippen molar-refractivity contribution >= 4 is 54.4 Å². The monoisotopic (exact) mass is 597 g/mol. The van der Waals surface area contributed by atoms with Gasteiger partial charge < -0.3 is 28.3 Å². The summed E-state index contributed by atoms with van der Waals surface area (Å²) in [5, 5.41) is 2.77. The van der Waals surface area contributed by atoms with E-state index < -0.39 is 20.0 Å². The zero-order valence-electron chi connectivity index (χ0n) is 21.8. The fraction of sp³-hybridized carbons (Fsp3) is 0.0741. The number of carbonyl (C=O) groups excluding carboxylic acids is 1. The van der Waals surface area contributed by atoms with Gasteiger partial charge in [-0.15, -0.1) is 0 Å². The summed E-state index contributed by atoms with van der Waals surface area (Å²) in [6.45, 7) is -0.225. The van der Waals surface area contributed by atoms with Gasteiger partial charge >= 0.3 is 0 Å². The number of nitrogens with one attached hydrogen (secondary N) is 3. The van der Waals surface area contributed by atoms with Gasteiger partial charge in [-0.2, -0.15) is 0 Å². The molecule has 0 bridgehead atoms. The number of nitrogens with two attached hydrogens (primary N) is 4. The van der Waals surface area contributed by atoms with E-state index >= 15 is 0 Å². The largest absolute Gasteiger partial charge is 0.399 e. The Hall–Kier alpha value is -4.63. The molecule has 12 nitrogen and oxygen atoms in total. The van der Waals surface area contributed by atoms with Crippen LogP contribution in [0.15, 0.2) is 107 Å². The van der Waals surface area contributed by atoms with Crippen molar-refractivity contribution in [3.05, 3.63) is 103 Å². The fourth-order valence-electron chi connectivity index (χ4n) is 3.31. The van der Waals surface area contributed by atoms with E-state index in [9.17, 15) is 21.6 Å². The maximum atomic E-state index is 12.1. The Bertz CT molecular complexity index is 1620. The third kappa shape index (κ3) is 9.51. The highest BCUT2D eigenvalue weighted by Gasteiger charge is 2.16. The normalized spacial score (nSPS) is 11.2. The minimum atomic E-state index is -3.76. The van der Waals surface area contributed by atoms with E-state index in [1.165, 1.54) is 36.4 Å². The predicted octanol–water partition coefficient (Wildman–Crippen LogP) is 2.21. The molecule has 4 aromatic carbocycles. The van der Waals surface area contributed by atoms with Crippen LogP contribution in [0.5, 0.6) is 0 Å². The molecule has 14 heteroatoms. The number of carbonyl (C=O) groups is 1. The molecule has 0 atom stereocenters. The van der Waals surface area contributed by atoms with Crippen LogP contribution in [0.3, 0.4) is 0 Å². The van der Waals surface area contributed by atoms with E-state index in [-0.39, 0.29) is 28.8 Å². The lowest BCUT2D eigenvalue weighted by Gasteiger charge is -2.09. The molecule has 0 aliphatic heterocycles. The van der Waals surface area contributed by atoms with Gasteiger partial charge in [-0.1, -0.05) is 12.1 Å². The van der Waals surface area contributed by atoms with Crippen LogP contribution >= 0.6 is 0 Å². The van der Waals surface area contributed by atoms with Crippen molar-refractivity contribution in [1.29, 1.82) is 0 Å². The van der Waals surface area contributed by atoms with Crippen LogP contribution < -0.4 is 37.7 Å². The summed E-state index contributed by atoms with van der Waals surface area (Å²) in [4.78, 5) is 11.9. The van der Waals surface area contributed by atoms with E-state index in [4.69, 9.17) is 22.9 Å². The Morgan fingerprint density at radius 1 is 0.561 bits per heavy atom. The highest BCUT2D eigenvalue weighted by atomic mass is 32.2. The third-order valence-corrected chi connectivity index (χ3v) is 8.30. The maximum Gasteiger partial charge on any atom is 0.255 e. The second kappa shape index (κ2) is 13.6. The average Bonchev–Trinajstić information content (AvgIpc) is 2.93. The van der Waals surface area contributed by atoms with Crippen molar-refractivity contribution in [2.75, 3.05) is 41.3 Å². The molecule has 0 unspecified atom stereocenters. The molecular formula is C27H31N7O5S2. The van der Waals surface area contributed by atoms with Crippen LogP contribution in [-0.4, -0.2) is 35.8 Å². The lowest BCUT2D eigenvalue weighted by Crippen LogP contribution is -2.34. The van der Waals surface area contributed by atoms with E-state index in [2.05, 4.69) is 14.8 Å². The lowest BCUT2D eigenvalue weighted by atomic mass is 10.2. The molecule has 0 radical (unpaired) electrons. The van der Waals surface area contributed by atoms with Crippen molar-refractivity contribution in [2.45, 2.75) is 9.79 Å². The highest BCUT2D eigenvalue weighted by molar-refractivity contribution is 7.90. The van der Waals surface area contributed by atoms with Crippen molar-refractivity contribution in [3.8, 4) is 0 Å². The van der Waals surface area contributed by atoms with Crippen molar-refractivity contribution in [3.63, 3.8) is 0 Å². The maximum absolute atomic E-state index is 12.1. The summed E-state index contributed by atoms with van der Waals surface area (Å²) < 4.78 is 52.9. The van der Waals surface area contributed by atoms with Crippen LogP contribution in [0.1, 0.15) is 10.4 Å². The summed E-state index contributed by atoms with van der Waals surface area (Å²) in [5.74, 6) is -0.172. The number of amides is 1. The molecule has 216 valence electrons. The number of anilines is 5. The second-order valence-electron chi connectivity index (χ2n) is 8.64. The molecular weight excluding hydrogens is 566 g/mol. The van der Waals surface area contributed by atoms with Gasteiger partial charge in [-0.3, -0.25) is 4.79 Å².